The van der Waals surface area contributed by atoms with Crippen LogP contribution in [-0.4, -0.2) is 66.8 Å². The van der Waals surface area contributed by atoms with Gasteiger partial charge in [0.25, 0.3) is 0 Å². The van der Waals surface area contributed by atoms with Gasteiger partial charge in [0, 0.05) is 49.8 Å². The van der Waals surface area contributed by atoms with E-state index in [0.29, 0.717) is 12.0 Å². The van der Waals surface area contributed by atoms with Crippen LogP contribution in [0.5, 0.6) is 0 Å². The molecule has 0 aliphatic carbocycles. The zero-order valence-electron chi connectivity index (χ0n) is 13.2. The molecule has 3 aliphatic heterocycles. The second kappa shape index (κ2) is 5.91. The maximum atomic E-state index is 6.24. The highest BCUT2D eigenvalue weighted by molar-refractivity contribution is 5.01. The highest BCUT2D eigenvalue weighted by Gasteiger charge is 2.46. The Morgan fingerprint density at radius 2 is 2.10 bits per heavy atom. The second-order valence-corrected chi connectivity index (χ2v) is 7.27. The maximum Gasteiger partial charge on any atom is 0.0513 e. The van der Waals surface area contributed by atoms with Gasteiger partial charge in [-0.1, -0.05) is 6.42 Å². The largest absolute Gasteiger partial charge is 0.381 e. The third kappa shape index (κ3) is 2.52. The molecule has 4 nitrogen and oxygen atoms in total. The average molecular weight is 281 g/mol. The first kappa shape index (κ1) is 14.8. The molecule has 3 saturated heterocycles. The first-order valence-electron chi connectivity index (χ1n) is 8.44. The molecule has 0 aromatic heterocycles. The summed E-state index contributed by atoms with van der Waals surface area (Å²) in [5.74, 6) is 0.602. The average Bonchev–Trinajstić information content (AvgIpc) is 3.00. The van der Waals surface area contributed by atoms with Crippen LogP contribution >= 0.6 is 0 Å². The number of hydrogen-bond acceptors (Lipinski definition) is 4. The third-order valence-corrected chi connectivity index (χ3v) is 6.07. The molecular formula is C16H31N3O. The van der Waals surface area contributed by atoms with Gasteiger partial charge in [0.05, 0.1) is 6.61 Å². The van der Waals surface area contributed by atoms with Crippen molar-refractivity contribution in [1.29, 1.82) is 0 Å². The molecule has 0 saturated carbocycles. The molecular weight excluding hydrogens is 250 g/mol. The van der Waals surface area contributed by atoms with Crippen molar-refractivity contribution in [2.24, 2.45) is 11.7 Å². The molecule has 2 N–H and O–H groups in total. The Kier molecular flexibility index (Phi) is 4.37. The lowest BCUT2D eigenvalue weighted by molar-refractivity contribution is -0.0611. The Bertz CT molecular complexity index is 332. The fourth-order valence-corrected chi connectivity index (χ4v) is 4.61. The van der Waals surface area contributed by atoms with Crippen LogP contribution in [0, 0.1) is 5.92 Å². The van der Waals surface area contributed by atoms with Crippen LogP contribution in [0.15, 0.2) is 0 Å². The lowest BCUT2D eigenvalue weighted by Crippen LogP contribution is -2.68. The molecule has 4 unspecified atom stereocenters. The smallest absolute Gasteiger partial charge is 0.0513 e. The minimum absolute atomic E-state index is 0.111. The van der Waals surface area contributed by atoms with E-state index in [4.69, 9.17) is 10.5 Å². The van der Waals surface area contributed by atoms with Gasteiger partial charge in [-0.3, -0.25) is 9.80 Å². The third-order valence-electron chi connectivity index (χ3n) is 6.07. The number of rotatable bonds is 3. The molecule has 0 bridgehead atoms. The van der Waals surface area contributed by atoms with E-state index < -0.39 is 0 Å². The van der Waals surface area contributed by atoms with Crippen molar-refractivity contribution in [2.75, 3.05) is 39.4 Å². The van der Waals surface area contributed by atoms with Crippen LogP contribution in [0.2, 0.25) is 0 Å². The Balaban J connectivity index is 1.76. The molecule has 0 radical (unpaired) electrons. The summed E-state index contributed by atoms with van der Waals surface area (Å²) < 4.78 is 5.65. The molecule has 0 aromatic rings. The topological polar surface area (TPSA) is 41.7 Å². The van der Waals surface area contributed by atoms with Crippen LogP contribution in [0.4, 0.5) is 0 Å². The van der Waals surface area contributed by atoms with Gasteiger partial charge in [-0.05, 0) is 39.7 Å². The molecule has 4 atom stereocenters. The van der Waals surface area contributed by atoms with Gasteiger partial charge >= 0.3 is 0 Å². The van der Waals surface area contributed by atoms with E-state index in [1.807, 2.05) is 0 Å². The standard InChI is InChI=1S/C16H31N3O/c1-13-9-18-7-4-3-5-15(18)10-19(13)16(2,12-17)14-6-8-20-11-14/h13-15H,3-12,17H2,1-2H3. The fraction of sp³-hybridized carbons (Fsp3) is 1.00. The first-order valence-corrected chi connectivity index (χ1v) is 8.44. The fourth-order valence-electron chi connectivity index (χ4n) is 4.61. The molecule has 20 heavy (non-hydrogen) atoms. The molecule has 3 fully saturated rings. The van der Waals surface area contributed by atoms with Gasteiger partial charge < -0.3 is 10.5 Å². The number of piperazine rings is 1. The molecule has 0 spiro atoms. The highest BCUT2D eigenvalue weighted by atomic mass is 16.5. The van der Waals surface area contributed by atoms with E-state index in [2.05, 4.69) is 23.6 Å². The van der Waals surface area contributed by atoms with E-state index in [1.54, 1.807) is 0 Å². The van der Waals surface area contributed by atoms with Crippen LogP contribution in [0.25, 0.3) is 0 Å². The van der Waals surface area contributed by atoms with Crippen molar-refractivity contribution in [2.45, 2.75) is 57.2 Å². The van der Waals surface area contributed by atoms with Gasteiger partial charge in [-0.25, -0.2) is 0 Å². The van der Waals surface area contributed by atoms with E-state index in [0.717, 1.165) is 25.8 Å². The quantitative estimate of drug-likeness (QED) is 0.847. The summed E-state index contributed by atoms with van der Waals surface area (Å²) in [5.41, 5.74) is 6.35. The zero-order chi connectivity index (χ0) is 14.2. The van der Waals surface area contributed by atoms with E-state index >= 15 is 0 Å². The number of ether oxygens (including phenoxy) is 1. The van der Waals surface area contributed by atoms with Gasteiger partial charge in [-0.2, -0.15) is 0 Å². The van der Waals surface area contributed by atoms with Gasteiger partial charge in [0.15, 0.2) is 0 Å². The number of fused-ring (bicyclic) bond motifs is 1. The summed E-state index contributed by atoms with van der Waals surface area (Å²) >= 11 is 0. The molecule has 3 aliphatic rings. The number of hydrogen-bond donors (Lipinski definition) is 1. The lowest BCUT2D eigenvalue weighted by atomic mass is 9.80. The Labute approximate surface area is 123 Å². The molecule has 116 valence electrons. The summed E-state index contributed by atoms with van der Waals surface area (Å²) in [5, 5.41) is 0. The van der Waals surface area contributed by atoms with Crippen LogP contribution in [-0.2, 0) is 4.74 Å². The van der Waals surface area contributed by atoms with Crippen molar-refractivity contribution in [3.63, 3.8) is 0 Å². The van der Waals surface area contributed by atoms with Crippen molar-refractivity contribution >= 4 is 0 Å². The summed E-state index contributed by atoms with van der Waals surface area (Å²) in [6.45, 7) is 11.0. The molecule has 3 heterocycles. The Hall–Kier alpha value is -0.160. The minimum atomic E-state index is 0.111. The predicted octanol–water partition coefficient (Wildman–Crippen LogP) is 1.30. The van der Waals surface area contributed by atoms with Crippen molar-refractivity contribution in [3.8, 4) is 0 Å². The monoisotopic (exact) mass is 281 g/mol. The summed E-state index contributed by atoms with van der Waals surface area (Å²) in [4.78, 5) is 5.44. The van der Waals surface area contributed by atoms with Gasteiger partial charge in [0.2, 0.25) is 0 Å². The maximum absolute atomic E-state index is 6.24. The minimum Gasteiger partial charge on any atom is -0.381 e. The van der Waals surface area contributed by atoms with Crippen molar-refractivity contribution in [1.82, 2.24) is 9.80 Å². The predicted molar refractivity (Wildman–Crippen MR) is 81.8 cm³/mol. The van der Waals surface area contributed by atoms with E-state index in [9.17, 15) is 0 Å². The van der Waals surface area contributed by atoms with Crippen molar-refractivity contribution in [3.05, 3.63) is 0 Å². The highest BCUT2D eigenvalue weighted by Crippen LogP contribution is 2.35. The van der Waals surface area contributed by atoms with Gasteiger partial charge in [-0.15, -0.1) is 0 Å². The molecule has 0 aromatic carbocycles. The van der Waals surface area contributed by atoms with Crippen LogP contribution in [0.3, 0.4) is 0 Å². The summed E-state index contributed by atoms with van der Waals surface area (Å²) in [6, 6.07) is 1.37. The van der Waals surface area contributed by atoms with E-state index in [1.165, 1.54) is 45.3 Å². The second-order valence-electron chi connectivity index (χ2n) is 7.27. The van der Waals surface area contributed by atoms with E-state index in [-0.39, 0.29) is 5.54 Å². The normalized spacial score (nSPS) is 39.5. The summed E-state index contributed by atoms with van der Waals surface area (Å²) in [7, 11) is 0. The first-order chi connectivity index (χ1) is 9.65. The Morgan fingerprint density at radius 1 is 1.25 bits per heavy atom. The lowest BCUT2D eigenvalue weighted by Gasteiger charge is -2.55. The molecule has 0 amide bonds. The summed E-state index contributed by atoms with van der Waals surface area (Å²) in [6.07, 6.45) is 5.32. The van der Waals surface area contributed by atoms with Crippen LogP contribution < -0.4 is 5.73 Å². The number of piperidine rings is 1. The number of nitrogens with zero attached hydrogens (tertiary/aromatic N) is 2. The van der Waals surface area contributed by atoms with Crippen LogP contribution in [0.1, 0.15) is 39.5 Å². The van der Waals surface area contributed by atoms with Gasteiger partial charge in [0.1, 0.15) is 0 Å². The Morgan fingerprint density at radius 3 is 2.80 bits per heavy atom. The van der Waals surface area contributed by atoms with Crippen molar-refractivity contribution < 1.29 is 4.74 Å². The molecule has 4 heteroatoms. The zero-order valence-corrected chi connectivity index (χ0v) is 13.2. The SMILES string of the molecule is CC1CN2CCCCC2CN1C(C)(CN)C1CCOC1. The molecule has 3 rings (SSSR count). The number of nitrogens with two attached hydrogens (primary N) is 1.